The summed E-state index contributed by atoms with van der Waals surface area (Å²) < 4.78 is 30.0. The molecule has 1 unspecified atom stereocenters. The monoisotopic (exact) mass is 746 g/mol. The fraction of sp³-hybridized carbons (Fsp3) is 0.767. The standard InChI is InChI=1S/C43H71NO9/c1-5-7-9-11-13-14-15-16-17-18-19-21-26-30-37(46)44-34(32-49-42-38(47)40-39(36(31-45)51-42)52-43(3,4)53-40)35(29-25-20-12-10-8-6-2)50-41(48)33-27-23-22-24-28-33/h22-25,27-29,34-36,38-40,42,45,47H,5-21,26,30-32H2,1-4H3,(H,44,46)/t34?,35-,36-,38-,39+,40-,42-/m1/s1. The van der Waals surface area contributed by atoms with Crippen molar-refractivity contribution in [2.24, 2.45) is 0 Å². The quantitative estimate of drug-likeness (QED) is 0.0440. The first kappa shape index (κ1) is 45.1. The zero-order valence-electron chi connectivity index (χ0n) is 33.2. The number of rotatable bonds is 28. The summed E-state index contributed by atoms with van der Waals surface area (Å²) in [6, 6.07) is 7.98. The Hall–Kier alpha value is -2.34. The summed E-state index contributed by atoms with van der Waals surface area (Å²) in [6.45, 7) is 7.42. The molecule has 2 heterocycles. The lowest BCUT2D eigenvalue weighted by Crippen LogP contribution is -2.59. The molecular weight excluding hydrogens is 674 g/mol. The molecule has 0 saturated carbocycles. The van der Waals surface area contributed by atoms with E-state index in [2.05, 4.69) is 19.2 Å². The SMILES string of the molecule is CCCCCCC=C[C@@H](OC(=O)c1ccccc1)C(CO[C@@H]1O[C@H](CO)[C@@H]2OC(C)(C)O[C@@H]2[C@H]1O)NC(=O)CCCCCCCCCCCCCCC. The van der Waals surface area contributed by atoms with Gasteiger partial charge in [0.1, 0.15) is 30.5 Å². The highest BCUT2D eigenvalue weighted by Gasteiger charge is 2.55. The number of aliphatic hydroxyl groups excluding tert-OH is 2. The van der Waals surface area contributed by atoms with Gasteiger partial charge in [0.2, 0.25) is 5.91 Å². The number of hydrogen-bond donors (Lipinski definition) is 3. The summed E-state index contributed by atoms with van der Waals surface area (Å²) in [4.78, 5) is 26.7. The molecule has 3 rings (SSSR count). The number of hydrogen-bond acceptors (Lipinski definition) is 9. The number of unbranched alkanes of at least 4 members (excludes halogenated alkanes) is 16. The van der Waals surface area contributed by atoms with Crippen molar-refractivity contribution in [1.29, 1.82) is 0 Å². The minimum atomic E-state index is -1.22. The van der Waals surface area contributed by atoms with Gasteiger partial charge in [-0.2, -0.15) is 0 Å². The van der Waals surface area contributed by atoms with E-state index in [-0.39, 0.29) is 19.1 Å². The van der Waals surface area contributed by atoms with Crippen LogP contribution in [0.2, 0.25) is 0 Å². The molecule has 53 heavy (non-hydrogen) atoms. The van der Waals surface area contributed by atoms with E-state index < -0.39 is 54.6 Å². The maximum Gasteiger partial charge on any atom is 0.338 e. The van der Waals surface area contributed by atoms with Crippen LogP contribution in [0.3, 0.4) is 0 Å². The van der Waals surface area contributed by atoms with Gasteiger partial charge in [0.25, 0.3) is 0 Å². The van der Waals surface area contributed by atoms with Crippen molar-refractivity contribution in [2.75, 3.05) is 13.2 Å². The van der Waals surface area contributed by atoms with E-state index in [0.29, 0.717) is 12.0 Å². The molecular formula is C43H71NO9. The number of nitrogens with one attached hydrogen (secondary N) is 1. The molecule has 10 nitrogen and oxygen atoms in total. The Morgan fingerprint density at radius 1 is 0.830 bits per heavy atom. The van der Waals surface area contributed by atoms with Crippen LogP contribution in [0.1, 0.15) is 160 Å². The van der Waals surface area contributed by atoms with Crippen LogP contribution in [-0.2, 0) is 28.5 Å². The average Bonchev–Trinajstić information content (AvgIpc) is 3.49. The van der Waals surface area contributed by atoms with Gasteiger partial charge in [-0.05, 0) is 51.3 Å². The number of amides is 1. The lowest BCUT2D eigenvalue weighted by Gasteiger charge is -2.39. The Balaban J connectivity index is 1.62. The molecule has 302 valence electrons. The van der Waals surface area contributed by atoms with Crippen molar-refractivity contribution in [2.45, 2.75) is 198 Å². The fourth-order valence-corrected chi connectivity index (χ4v) is 7.08. The van der Waals surface area contributed by atoms with Gasteiger partial charge in [-0.15, -0.1) is 0 Å². The van der Waals surface area contributed by atoms with Gasteiger partial charge in [0, 0.05) is 6.42 Å². The normalized spacial score (nSPS) is 23.5. The topological polar surface area (TPSA) is 133 Å². The molecule has 0 bridgehead atoms. The molecule has 0 spiro atoms. The summed E-state index contributed by atoms with van der Waals surface area (Å²) in [7, 11) is 0. The zero-order valence-corrected chi connectivity index (χ0v) is 33.2. The van der Waals surface area contributed by atoms with Crippen LogP contribution in [0.4, 0.5) is 0 Å². The molecule has 3 N–H and O–H groups in total. The summed E-state index contributed by atoms with van der Waals surface area (Å²) in [6.07, 6.45) is 19.8. The maximum absolute atomic E-state index is 13.4. The van der Waals surface area contributed by atoms with Gasteiger partial charge in [-0.3, -0.25) is 4.79 Å². The predicted octanol–water partition coefficient (Wildman–Crippen LogP) is 8.32. The van der Waals surface area contributed by atoms with Gasteiger partial charge in [0.05, 0.1) is 24.8 Å². The van der Waals surface area contributed by atoms with Crippen LogP contribution >= 0.6 is 0 Å². The molecule has 2 fully saturated rings. The molecule has 1 amide bonds. The van der Waals surface area contributed by atoms with Crippen LogP contribution in [0.25, 0.3) is 0 Å². The number of fused-ring (bicyclic) bond motifs is 1. The van der Waals surface area contributed by atoms with E-state index >= 15 is 0 Å². The highest BCUT2D eigenvalue weighted by atomic mass is 16.8. The van der Waals surface area contributed by atoms with Crippen molar-refractivity contribution < 1.29 is 43.5 Å². The summed E-state index contributed by atoms with van der Waals surface area (Å²) in [5.41, 5.74) is 0.399. The smallest absolute Gasteiger partial charge is 0.338 e. The van der Waals surface area contributed by atoms with E-state index in [1.54, 1.807) is 38.1 Å². The Morgan fingerprint density at radius 3 is 2.00 bits per heavy atom. The first-order valence-corrected chi connectivity index (χ1v) is 20.8. The first-order valence-electron chi connectivity index (χ1n) is 20.8. The lowest BCUT2D eigenvalue weighted by molar-refractivity contribution is -0.284. The van der Waals surface area contributed by atoms with Crippen LogP contribution in [0.15, 0.2) is 42.5 Å². The molecule has 2 aliphatic heterocycles. The summed E-state index contributed by atoms with van der Waals surface area (Å²) in [5, 5.41) is 24.4. The molecule has 0 aromatic heterocycles. The van der Waals surface area contributed by atoms with Gasteiger partial charge < -0.3 is 39.2 Å². The van der Waals surface area contributed by atoms with Gasteiger partial charge in [-0.25, -0.2) is 4.79 Å². The number of esters is 1. The van der Waals surface area contributed by atoms with E-state index in [9.17, 15) is 19.8 Å². The molecule has 2 aliphatic rings. The third-order valence-electron chi connectivity index (χ3n) is 10.1. The van der Waals surface area contributed by atoms with Crippen LogP contribution in [0, 0.1) is 0 Å². The molecule has 1 aromatic rings. The van der Waals surface area contributed by atoms with E-state index in [1.807, 2.05) is 18.2 Å². The lowest BCUT2D eigenvalue weighted by atomic mass is 9.99. The second kappa shape index (κ2) is 25.7. The molecule has 0 radical (unpaired) electrons. The van der Waals surface area contributed by atoms with Crippen molar-refractivity contribution in [3.63, 3.8) is 0 Å². The van der Waals surface area contributed by atoms with Gasteiger partial charge in [0.15, 0.2) is 12.1 Å². The summed E-state index contributed by atoms with van der Waals surface area (Å²) in [5.74, 6) is -1.64. The average molecular weight is 746 g/mol. The zero-order chi connectivity index (χ0) is 38.3. The molecule has 1 aromatic carbocycles. The molecule has 2 saturated heterocycles. The highest BCUT2D eigenvalue weighted by Crippen LogP contribution is 2.37. The second-order valence-corrected chi connectivity index (χ2v) is 15.3. The van der Waals surface area contributed by atoms with Crippen LogP contribution in [-0.4, -0.2) is 83.9 Å². The number of benzene rings is 1. The van der Waals surface area contributed by atoms with Crippen molar-refractivity contribution in [3.05, 3.63) is 48.0 Å². The number of ether oxygens (including phenoxy) is 5. The number of allylic oxidation sites excluding steroid dienone is 1. The van der Waals surface area contributed by atoms with E-state index in [4.69, 9.17) is 23.7 Å². The minimum absolute atomic E-state index is 0.126. The van der Waals surface area contributed by atoms with Gasteiger partial charge in [-0.1, -0.05) is 134 Å². The van der Waals surface area contributed by atoms with Crippen molar-refractivity contribution in [3.8, 4) is 0 Å². The van der Waals surface area contributed by atoms with Crippen LogP contribution in [0.5, 0.6) is 0 Å². The highest BCUT2D eigenvalue weighted by molar-refractivity contribution is 5.89. The number of carbonyl (C=O) groups excluding carboxylic acids is 2. The number of aliphatic hydroxyl groups is 2. The molecule has 10 heteroatoms. The fourth-order valence-electron chi connectivity index (χ4n) is 7.08. The van der Waals surface area contributed by atoms with Crippen molar-refractivity contribution >= 4 is 11.9 Å². The Bertz CT molecular complexity index is 1160. The third kappa shape index (κ3) is 16.9. The first-order chi connectivity index (χ1) is 25.7. The van der Waals surface area contributed by atoms with E-state index in [1.165, 1.54) is 64.2 Å². The maximum atomic E-state index is 13.4. The second-order valence-electron chi connectivity index (χ2n) is 15.3. The Kier molecular flexibility index (Phi) is 21.8. The van der Waals surface area contributed by atoms with E-state index in [0.717, 1.165) is 51.4 Å². The Morgan fingerprint density at radius 2 is 1.40 bits per heavy atom. The summed E-state index contributed by atoms with van der Waals surface area (Å²) >= 11 is 0. The minimum Gasteiger partial charge on any atom is -0.452 e. The van der Waals surface area contributed by atoms with Crippen molar-refractivity contribution in [1.82, 2.24) is 5.32 Å². The van der Waals surface area contributed by atoms with Gasteiger partial charge >= 0.3 is 5.97 Å². The molecule has 7 atom stereocenters. The largest absolute Gasteiger partial charge is 0.452 e. The Labute approximate surface area is 319 Å². The predicted molar refractivity (Wildman–Crippen MR) is 207 cm³/mol. The number of carbonyl (C=O) groups is 2. The molecule has 0 aliphatic carbocycles. The van der Waals surface area contributed by atoms with Crippen LogP contribution < -0.4 is 5.32 Å². The third-order valence-corrected chi connectivity index (χ3v) is 10.1.